The third-order valence-electron chi connectivity index (χ3n) is 2.43. The lowest BCUT2D eigenvalue weighted by molar-refractivity contribution is 0.736. The first kappa shape index (κ1) is 11.0. The van der Waals surface area contributed by atoms with Gasteiger partial charge in [-0.2, -0.15) is 0 Å². The van der Waals surface area contributed by atoms with Crippen molar-refractivity contribution in [3.8, 4) is 0 Å². The molecule has 1 rings (SSSR count). The Hall–Kier alpha value is -1.08. The molecule has 1 aromatic rings. The molecule has 2 N–H and O–H groups in total. The number of benzene rings is 1. The van der Waals surface area contributed by atoms with Gasteiger partial charge in [0.25, 0.3) is 0 Å². The summed E-state index contributed by atoms with van der Waals surface area (Å²) in [5.41, 5.74) is 8.56. The Labute approximate surface area is 86.6 Å². The van der Waals surface area contributed by atoms with Crippen LogP contribution < -0.4 is 5.73 Å². The Morgan fingerprint density at radius 3 is 2.57 bits per heavy atom. The molecular formula is C13H19N. The molecule has 0 amide bonds. The highest BCUT2D eigenvalue weighted by Crippen LogP contribution is 2.20. The minimum Gasteiger partial charge on any atom is -0.324 e. The maximum atomic E-state index is 6.00. The van der Waals surface area contributed by atoms with E-state index in [4.69, 9.17) is 5.73 Å². The molecule has 0 aliphatic carbocycles. The van der Waals surface area contributed by atoms with Crippen LogP contribution in [0.25, 0.3) is 0 Å². The van der Waals surface area contributed by atoms with Crippen molar-refractivity contribution in [1.29, 1.82) is 0 Å². The van der Waals surface area contributed by atoms with E-state index in [-0.39, 0.29) is 6.04 Å². The molecule has 0 aliphatic rings. The molecule has 1 heteroatoms. The Bertz CT molecular complexity index is 302. The van der Waals surface area contributed by atoms with E-state index < -0.39 is 0 Å². The molecular weight excluding hydrogens is 170 g/mol. The van der Waals surface area contributed by atoms with Crippen molar-refractivity contribution in [2.75, 3.05) is 0 Å². The molecule has 0 saturated heterocycles. The maximum absolute atomic E-state index is 6.00. The molecule has 1 unspecified atom stereocenters. The number of hydrogen-bond donors (Lipinski definition) is 1. The zero-order valence-corrected chi connectivity index (χ0v) is 9.03. The van der Waals surface area contributed by atoms with Crippen LogP contribution in [0.5, 0.6) is 0 Å². The average molecular weight is 189 g/mol. The second-order valence-electron chi connectivity index (χ2n) is 3.96. The van der Waals surface area contributed by atoms with Crippen molar-refractivity contribution in [1.82, 2.24) is 0 Å². The van der Waals surface area contributed by atoms with Gasteiger partial charge in [0.2, 0.25) is 0 Å². The van der Waals surface area contributed by atoms with Gasteiger partial charge in [-0.1, -0.05) is 44.2 Å². The first-order valence-electron chi connectivity index (χ1n) is 5.11. The summed E-state index contributed by atoms with van der Waals surface area (Å²) in [5.74, 6) is 0.561. The van der Waals surface area contributed by atoms with Gasteiger partial charge in [0, 0.05) is 6.04 Å². The van der Waals surface area contributed by atoms with E-state index in [2.05, 4.69) is 44.7 Å². The highest BCUT2D eigenvalue weighted by Gasteiger charge is 2.05. The topological polar surface area (TPSA) is 26.0 Å². The third kappa shape index (κ3) is 2.71. The zero-order valence-electron chi connectivity index (χ0n) is 9.03. The fraction of sp³-hybridized carbons (Fsp3) is 0.385. The van der Waals surface area contributed by atoms with E-state index in [0.29, 0.717) is 5.92 Å². The van der Waals surface area contributed by atoms with E-state index in [9.17, 15) is 0 Å². The summed E-state index contributed by atoms with van der Waals surface area (Å²) >= 11 is 0. The van der Waals surface area contributed by atoms with Gasteiger partial charge in [-0.3, -0.25) is 0 Å². The molecule has 0 bridgehead atoms. The van der Waals surface area contributed by atoms with E-state index in [0.717, 1.165) is 6.42 Å². The van der Waals surface area contributed by atoms with Crippen molar-refractivity contribution in [2.45, 2.75) is 32.2 Å². The van der Waals surface area contributed by atoms with E-state index in [1.54, 1.807) is 0 Å². The van der Waals surface area contributed by atoms with Crippen molar-refractivity contribution >= 4 is 0 Å². The molecule has 1 aromatic carbocycles. The molecule has 0 spiro atoms. The van der Waals surface area contributed by atoms with Gasteiger partial charge in [0.15, 0.2) is 0 Å². The van der Waals surface area contributed by atoms with Crippen molar-refractivity contribution in [3.05, 3.63) is 48.0 Å². The van der Waals surface area contributed by atoms with Crippen LogP contribution in [0.1, 0.15) is 43.4 Å². The van der Waals surface area contributed by atoms with Crippen LogP contribution in [-0.4, -0.2) is 0 Å². The molecule has 14 heavy (non-hydrogen) atoms. The lowest BCUT2D eigenvalue weighted by atomic mass is 9.97. The molecule has 0 aromatic heterocycles. The van der Waals surface area contributed by atoms with Gasteiger partial charge in [-0.05, 0) is 23.5 Å². The Balaban J connectivity index is 2.87. The summed E-state index contributed by atoms with van der Waals surface area (Å²) in [6.45, 7) is 8.09. The van der Waals surface area contributed by atoms with Gasteiger partial charge >= 0.3 is 0 Å². The summed E-state index contributed by atoms with van der Waals surface area (Å²) in [6.07, 6.45) is 2.70. The molecule has 0 fully saturated rings. The van der Waals surface area contributed by atoms with Crippen molar-refractivity contribution < 1.29 is 0 Å². The summed E-state index contributed by atoms with van der Waals surface area (Å²) in [6, 6.07) is 8.59. The Kier molecular flexibility index (Phi) is 3.90. The Morgan fingerprint density at radius 1 is 1.36 bits per heavy atom. The molecule has 76 valence electrons. The second-order valence-corrected chi connectivity index (χ2v) is 3.96. The smallest absolute Gasteiger partial charge is 0.0329 e. The Morgan fingerprint density at radius 2 is 2.00 bits per heavy atom. The van der Waals surface area contributed by atoms with Crippen LogP contribution in [0.15, 0.2) is 36.9 Å². The molecule has 0 heterocycles. The standard InChI is InChI=1S/C13H19N/c1-4-6-13(14)12-8-5-7-11(9-12)10(2)3/h4-5,7-10,13H,1,6,14H2,2-3H3. The molecule has 1 atom stereocenters. The molecule has 1 nitrogen and oxygen atoms in total. The quantitative estimate of drug-likeness (QED) is 0.722. The lowest BCUT2D eigenvalue weighted by Crippen LogP contribution is -2.09. The van der Waals surface area contributed by atoms with Crippen LogP contribution in [0.3, 0.4) is 0 Å². The summed E-state index contributed by atoms with van der Waals surface area (Å²) in [7, 11) is 0. The van der Waals surface area contributed by atoms with E-state index in [1.807, 2.05) is 6.08 Å². The number of nitrogens with two attached hydrogens (primary N) is 1. The van der Waals surface area contributed by atoms with Crippen LogP contribution in [0.2, 0.25) is 0 Å². The van der Waals surface area contributed by atoms with Crippen LogP contribution in [-0.2, 0) is 0 Å². The van der Waals surface area contributed by atoms with Gasteiger partial charge in [0.1, 0.15) is 0 Å². The largest absolute Gasteiger partial charge is 0.324 e. The fourth-order valence-electron chi connectivity index (χ4n) is 1.46. The van der Waals surface area contributed by atoms with Crippen molar-refractivity contribution in [3.63, 3.8) is 0 Å². The highest BCUT2D eigenvalue weighted by atomic mass is 14.6. The monoisotopic (exact) mass is 189 g/mol. The summed E-state index contributed by atoms with van der Waals surface area (Å²) in [4.78, 5) is 0. The van der Waals surface area contributed by atoms with Gasteiger partial charge in [-0.25, -0.2) is 0 Å². The third-order valence-corrected chi connectivity index (χ3v) is 2.43. The van der Waals surface area contributed by atoms with Gasteiger partial charge in [-0.15, -0.1) is 6.58 Å². The average Bonchev–Trinajstić information content (AvgIpc) is 2.18. The van der Waals surface area contributed by atoms with Crippen LogP contribution in [0, 0.1) is 0 Å². The number of hydrogen-bond acceptors (Lipinski definition) is 1. The first-order valence-corrected chi connectivity index (χ1v) is 5.11. The van der Waals surface area contributed by atoms with Gasteiger partial charge in [0.05, 0.1) is 0 Å². The predicted molar refractivity (Wildman–Crippen MR) is 62.3 cm³/mol. The van der Waals surface area contributed by atoms with E-state index >= 15 is 0 Å². The van der Waals surface area contributed by atoms with Gasteiger partial charge < -0.3 is 5.73 Å². The fourth-order valence-corrected chi connectivity index (χ4v) is 1.46. The van der Waals surface area contributed by atoms with Crippen LogP contribution in [0.4, 0.5) is 0 Å². The lowest BCUT2D eigenvalue weighted by Gasteiger charge is -2.12. The predicted octanol–water partition coefficient (Wildman–Crippen LogP) is 3.39. The first-order chi connectivity index (χ1) is 6.65. The minimum atomic E-state index is 0.0891. The number of rotatable bonds is 4. The minimum absolute atomic E-state index is 0.0891. The van der Waals surface area contributed by atoms with Crippen molar-refractivity contribution in [2.24, 2.45) is 5.73 Å². The molecule has 0 radical (unpaired) electrons. The van der Waals surface area contributed by atoms with E-state index in [1.165, 1.54) is 11.1 Å². The summed E-state index contributed by atoms with van der Waals surface area (Å²) in [5, 5.41) is 0. The maximum Gasteiger partial charge on any atom is 0.0329 e. The normalized spacial score (nSPS) is 12.9. The summed E-state index contributed by atoms with van der Waals surface area (Å²) < 4.78 is 0. The molecule has 0 aliphatic heterocycles. The van der Waals surface area contributed by atoms with Crippen LogP contribution >= 0.6 is 0 Å². The molecule has 0 saturated carbocycles. The SMILES string of the molecule is C=CCC(N)c1cccc(C(C)C)c1. The zero-order chi connectivity index (χ0) is 10.6. The highest BCUT2D eigenvalue weighted by molar-refractivity contribution is 5.28. The second kappa shape index (κ2) is 4.97.